The fraction of sp³-hybridized carbons (Fsp3) is 0.600. The van der Waals surface area contributed by atoms with Gasteiger partial charge in [-0.05, 0) is 24.1 Å². The summed E-state index contributed by atoms with van der Waals surface area (Å²) in [6.45, 7) is 4.45. The van der Waals surface area contributed by atoms with Crippen molar-refractivity contribution in [1.29, 1.82) is 0 Å². The normalized spacial score (nSPS) is 10.9. The van der Waals surface area contributed by atoms with E-state index in [2.05, 4.69) is 72.9 Å². The lowest BCUT2D eigenvalue weighted by Crippen LogP contribution is -2.23. The lowest BCUT2D eigenvalue weighted by atomic mass is 9.91. The topological polar surface area (TPSA) is 43.5 Å². The summed E-state index contributed by atoms with van der Waals surface area (Å²) in [5.41, 5.74) is 2.81. The molecule has 0 spiro atoms. The van der Waals surface area contributed by atoms with Crippen LogP contribution in [0.15, 0.2) is 60.7 Å². The Bertz CT molecular complexity index is 588. The predicted octanol–water partition coefficient (Wildman–Crippen LogP) is 8.06. The quantitative estimate of drug-likeness (QED) is 0.221. The van der Waals surface area contributed by atoms with Gasteiger partial charge in [-0.15, -0.1) is 0 Å². The molecule has 0 radical (unpaired) electrons. The maximum absolute atomic E-state index is 3.73. The molecule has 0 unspecified atom stereocenters. The highest BCUT2D eigenvalue weighted by Crippen LogP contribution is 2.23. The van der Waals surface area contributed by atoms with Crippen LogP contribution < -0.4 is 5.32 Å². The summed E-state index contributed by atoms with van der Waals surface area (Å²) in [6.07, 6.45) is 19.9. The molecule has 180 valence electrons. The van der Waals surface area contributed by atoms with Crippen LogP contribution in [-0.2, 0) is 0 Å². The van der Waals surface area contributed by atoms with Crippen LogP contribution in [0.1, 0.15) is 114 Å². The van der Waals surface area contributed by atoms with Crippen molar-refractivity contribution in [3.8, 4) is 0 Å². The summed E-state index contributed by atoms with van der Waals surface area (Å²) in [7, 11) is 0. The minimum Gasteiger partial charge on any atom is -0.412 e. The summed E-state index contributed by atoms with van der Waals surface area (Å²) >= 11 is 0. The first-order chi connectivity index (χ1) is 15.4. The Kier molecular flexibility index (Phi) is 17.7. The van der Waals surface area contributed by atoms with E-state index in [9.17, 15) is 0 Å². The second-order valence-electron chi connectivity index (χ2n) is 9.17. The van der Waals surface area contributed by atoms with Crippen molar-refractivity contribution in [2.75, 3.05) is 13.1 Å². The van der Waals surface area contributed by atoms with Crippen molar-refractivity contribution in [3.63, 3.8) is 0 Å². The smallest absolute Gasteiger partial charge is 0.0214 e. The fourth-order valence-electron chi connectivity index (χ4n) is 4.49. The molecule has 2 aromatic carbocycles. The summed E-state index contributed by atoms with van der Waals surface area (Å²) in [6, 6.07) is 21.8. The van der Waals surface area contributed by atoms with E-state index in [1.54, 1.807) is 0 Å². The Balaban J connectivity index is 0.00000512. The highest BCUT2D eigenvalue weighted by atomic mass is 16.0. The van der Waals surface area contributed by atoms with Crippen LogP contribution in [0.25, 0.3) is 0 Å². The first-order valence-electron chi connectivity index (χ1n) is 13.2. The van der Waals surface area contributed by atoms with E-state index < -0.39 is 0 Å². The Morgan fingerprint density at radius 2 is 0.906 bits per heavy atom. The predicted molar refractivity (Wildman–Crippen MR) is 142 cm³/mol. The Labute approximate surface area is 198 Å². The summed E-state index contributed by atoms with van der Waals surface area (Å²) in [5.74, 6) is 0.439. The van der Waals surface area contributed by atoms with E-state index in [1.807, 2.05) is 0 Å². The first kappa shape index (κ1) is 28.4. The van der Waals surface area contributed by atoms with Gasteiger partial charge in [0.2, 0.25) is 0 Å². The first-order valence-corrected chi connectivity index (χ1v) is 13.2. The standard InChI is InChI=1S/C30H47N.H2O/c1-2-3-4-5-6-7-8-9-10-11-12-13-14-21-26-31-27-30(28-22-17-15-18-23-28)29-24-19-16-20-25-29;/h15-20,22-25,30-31H,2-14,21,26-27H2,1H3;1H2. The molecule has 0 fully saturated rings. The van der Waals surface area contributed by atoms with Gasteiger partial charge in [0.05, 0.1) is 0 Å². The number of hydrogen-bond acceptors (Lipinski definition) is 1. The minimum absolute atomic E-state index is 0. The zero-order chi connectivity index (χ0) is 21.8. The van der Waals surface area contributed by atoms with Crippen LogP contribution in [0.2, 0.25) is 0 Å². The molecule has 0 bridgehead atoms. The Morgan fingerprint density at radius 3 is 1.31 bits per heavy atom. The number of hydrogen-bond donors (Lipinski definition) is 1. The lowest BCUT2D eigenvalue weighted by Gasteiger charge is -2.19. The molecule has 3 N–H and O–H groups in total. The summed E-state index contributed by atoms with van der Waals surface area (Å²) < 4.78 is 0. The van der Waals surface area contributed by atoms with Crippen LogP contribution in [-0.4, -0.2) is 18.6 Å². The number of unbranched alkanes of at least 4 members (excludes halogenated alkanes) is 13. The van der Waals surface area contributed by atoms with E-state index in [0.29, 0.717) is 5.92 Å². The van der Waals surface area contributed by atoms with Gasteiger partial charge in [-0.3, -0.25) is 0 Å². The molecule has 32 heavy (non-hydrogen) atoms. The van der Waals surface area contributed by atoms with Crippen molar-refractivity contribution in [1.82, 2.24) is 5.32 Å². The van der Waals surface area contributed by atoms with E-state index in [4.69, 9.17) is 0 Å². The van der Waals surface area contributed by atoms with Gasteiger partial charge >= 0.3 is 0 Å². The Hall–Kier alpha value is -1.64. The molecule has 0 aliphatic heterocycles. The van der Waals surface area contributed by atoms with Gasteiger partial charge in [0, 0.05) is 12.5 Å². The van der Waals surface area contributed by atoms with Crippen LogP contribution in [0.4, 0.5) is 0 Å². The molecular weight excluding hydrogens is 390 g/mol. The van der Waals surface area contributed by atoms with Gasteiger partial charge in [-0.2, -0.15) is 0 Å². The van der Waals surface area contributed by atoms with Gasteiger partial charge in [0.15, 0.2) is 0 Å². The van der Waals surface area contributed by atoms with Crippen molar-refractivity contribution >= 4 is 0 Å². The Morgan fingerprint density at radius 1 is 0.531 bits per heavy atom. The second-order valence-corrected chi connectivity index (χ2v) is 9.17. The number of nitrogens with one attached hydrogen (secondary N) is 1. The van der Waals surface area contributed by atoms with E-state index in [0.717, 1.165) is 13.1 Å². The molecule has 0 atom stereocenters. The van der Waals surface area contributed by atoms with Gasteiger partial charge in [0.1, 0.15) is 0 Å². The molecule has 0 saturated carbocycles. The third-order valence-electron chi connectivity index (χ3n) is 6.46. The summed E-state index contributed by atoms with van der Waals surface area (Å²) in [4.78, 5) is 0. The number of benzene rings is 2. The minimum atomic E-state index is 0. The van der Waals surface area contributed by atoms with Gasteiger partial charge in [0.25, 0.3) is 0 Å². The lowest BCUT2D eigenvalue weighted by molar-refractivity contribution is 0.527. The van der Waals surface area contributed by atoms with Crippen LogP contribution in [0.3, 0.4) is 0 Å². The molecule has 0 aromatic heterocycles. The highest BCUT2D eigenvalue weighted by Gasteiger charge is 2.12. The zero-order valence-electron chi connectivity index (χ0n) is 20.7. The van der Waals surface area contributed by atoms with Gasteiger partial charge < -0.3 is 10.8 Å². The average molecular weight is 440 g/mol. The van der Waals surface area contributed by atoms with E-state index in [1.165, 1.54) is 101 Å². The van der Waals surface area contributed by atoms with Crippen molar-refractivity contribution in [2.45, 2.75) is 103 Å². The molecule has 0 amide bonds. The largest absolute Gasteiger partial charge is 0.412 e. The number of rotatable bonds is 19. The summed E-state index contributed by atoms with van der Waals surface area (Å²) in [5, 5.41) is 3.73. The van der Waals surface area contributed by atoms with Crippen molar-refractivity contribution < 1.29 is 5.48 Å². The van der Waals surface area contributed by atoms with Crippen molar-refractivity contribution in [2.24, 2.45) is 0 Å². The third kappa shape index (κ3) is 13.0. The zero-order valence-corrected chi connectivity index (χ0v) is 20.7. The monoisotopic (exact) mass is 439 g/mol. The molecule has 2 heteroatoms. The van der Waals surface area contributed by atoms with Crippen LogP contribution >= 0.6 is 0 Å². The maximum Gasteiger partial charge on any atom is 0.0214 e. The molecule has 0 saturated heterocycles. The average Bonchev–Trinajstić information content (AvgIpc) is 2.82. The SMILES string of the molecule is CCCCCCCCCCCCCCCCNCC(c1ccccc1)c1ccccc1.O. The molecule has 2 rings (SSSR count). The van der Waals surface area contributed by atoms with E-state index >= 15 is 0 Å². The van der Waals surface area contributed by atoms with Gasteiger partial charge in [-0.25, -0.2) is 0 Å². The molecule has 0 heterocycles. The van der Waals surface area contributed by atoms with Crippen LogP contribution in [0, 0.1) is 0 Å². The highest BCUT2D eigenvalue weighted by molar-refractivity contribution is 5.32. The van der Waals surface area contributed by atoms with E-state index in [-0.39, 0.29) is 5.48 Å². The third-order valence-corrected chi connectivity index (χ3v) is 6.46. The maximum atomic E-state index is 3.73. The molecule has 0 aliphatic carbocycles. The molecule has 2 aromatic rings. The second kappa shape index (κ2) is 20.0. The van der Waals surface area contributed by atoms with Crippen molar-refractivity contribution in [3.05, 3.63) is 71.8 Å². The molecule has 0 aliphatic rings. The van der Waals surface area contributed by atoms with Gasteiger partial charge in [-0.1, -0.05) is 151 Å². The molecular formula is C30H49NO. The molecule has 2 nitrogen and oxygen atoms in total. The fourth-order valence-corrected chi connectivity index (χ4v) is 4.49. The van der Waals surface area contributed by atoms with Crippen LogP contribution in [0.5, 0.6) is 0 Å².